The van der Waals surface area contributed by atoms with Gasteiger partial charge in [-0.3, -0.25) is 14.2 Å². The minimum Gasteiger partial charge on any atom is -0.461 e. The number of aromatic nitrogens is 4. The molecule has 91 heavy (non-hydrogen) atoms. The third-order valence-electron chi connectivity index (χ3n) is 17.2. The van der Waals surface area contributed by atoms with Crippen molar-refractivity contribution < 1.29 is 19.1 Å². The second-order valence-electron chi connectivity index (χ2n) is 25.4. The number of benzene rings is 1. The monoisotopic (exact) mass is 1260 g/mol. The molecule has 0 aliphatic rings. The summed E-state index contributed by atoms with van der Waals surface area (Å²) in [5.74, 6) is 0.0407. The highest BCUT2D eigenvalue weighted by molar-refractivity contribution is 5.97. The standard InChI is InChI=1S/C79H131N7O5/c1-5-8-11-14-17-20-23-26-29-32-35-38-41-44-47-52-62-84(63-53-48-45-42-39-36-33-30-27-24-21-18-15-12-9-6-2)66-56-67-85(64-54-49-46-43-40-37-34-31-28-25-22-19-16-13-10-7-3)65-55-50-51-57-74(88)80-76-75-77(83-78(82-76)91-69-68-90-4)86(79(89)81-75)70-72-58-60-73(71-87)61-59-72/h17-22,26-31,58-61,71H,5-16,23-25,32-57,62-70H2,1-4H3,(H,81,89)(H,80,82,83,88)/b20-17-,21-18-,22-19-,29-26-,30-27-,31-28-. The predicted molar refractivity (Wildman–Crippen MR) is 389 cm³/mol. The van der Waals surface area contributed by atoms with E-state index in [1.54, 1.807) is 19.2 Å². The number of nitrogens with zero attached hydrogens (tertiary/aromatic N) is 5. The molecule has 0 saturated carbocycles. The van der Waals surface area contributed by atoms with Crippen LogP contribution in [0, 0.1) is 0 Å². The molecule has 12 heteroatoms. The number of carbonyl (C=O) groups is 2. The van der Waals surface area contributed by atoms with Gasteiger partial charge in [-0.1, -0.05) is 240 Å². The molecule has 3 aromatic rings. The zero-order chi connectivity index (χ0) is 65.0. The van der Waals surface area contributed by atoms with E-state index in [2.05, 4.69) is 124 Å². The molecule has 2 aromatic heterocycles. The number of unbranched alkanes of at least 4 members (excludes halogenated alkanes) is 29. The number of aldehydes is 1. The normalized spacial score (nSPS) is 12.3. The number of ether oxygens (including phenoxy) is 2. The summed E-state index contributed by atoms with van der Waals surface area (Å²) in [6.07, 6.45) is 79.3. The fraction of sp³-hybridized carbons (Fsp3) is 0.684. The number of H-pyrrole nitrogens is 1. The van der Waals surface area contributed by atoms with Gasteiger partial charge in [0.15, 0.2) is 11.5 Å². The van der Waals surface area contributed by atoms with Gasteiger partial charge < -0.3 is 29.6 Å². The lowest BCUT2D eigenvalue weighted by molar-refractivity contribution is -0.116. The number of hydrogen-bond acceptors (Lipinski definition) is 9. The molecule has 0 radical (unpaired) electrons. The molecular formula is C79H131N7O5. The number of imidazole rings is 1. The molecule has 2 N–H and O–H groups in total. The van der Waals surface area contributed by atoms with Crippen LogP contribution in [0.2, 0.25) is 0 Å². The minimum absolute atomic E-state index is 0.0425. The van der Waals surface area contributed by atoms with Gasteiger partial charge in [-0.25, -0.2) is 4.79 Å². The van der Waals surface area contributed by atoms with E-state index in [4.69, 9.17) is 9.47 Å². The van der Waals surface area contributed by atoms with Crippen molar-refractivity contribution in [2.75, 3.05) is 64.9 Å². The molecule has 0 aliphatic carbocycles. The highest BCUT2D eigenvalue weighted by Gasteiger charge is 2.19. The maximum absolute atomic E-state index is 13.6. The van der Waals surface area contributed by atoms with E-state index in [1.165, 1.54) is 243 Å². The highest BCUT2D eigenvalue weighted by Crippen LogP contribution is 2.23. The van der Waals surface area contributed by atoms with Gasteiger partial charge in [0.1, 0.15) is 18.4 Å². The number of allylic oxidation sites excluding steroid dienone is 12. The number of amides is 1. The van der Waals surface area contributed by atoms with Crippen LogP contribution in [0.5, 0.6) is 6.01 Å². The van der Waals surface area contributed by atoms with Crippen molar-refractivity contribution in [3.05, 3.63) is 119 Å². The van der Waals surface area contributed by atoms with E-state index in [9.17, 15) is 14.4 Å². The summed E-state index contributed by atoms with van der Waals surface area (Å²) in [5.41, 5.74) is 1.64. The Morgan fingerprint density at radius 1 is 0.484 bits per heavy atom. The fourth-order valence-electron chi connectivity index (χ4n) is 11.6. The van der Waals surface area contributed by atoms with Crippen molar-refractivity contribution in [3.8, 4) is 6.01 Å². The Bertz CT molecular complexity index is 2400. The SMILES string of the molecule is CCCCC/C=C\C/C=C\CCCCCCCCN(CCCCCCCC/C=C\C/C=C\CCCCC)CCCN(CCCCCCCC/C=C\C/C=C\CCCCC)CCCCCC(=O)Nc1nc(OCCOC)nc2c1[nH]c(=O)n2Cc1ccc(C=O)cc1. The molecule has 12 nitrogen and oxygen atoms in total. The van der Waals surface area contributed by atoms with Crippen molar-refractivity contribution in [3.63, 3.8) is 0 Å². The molecule has 512 valence electrons. The van der Waals surface area contributed by atoms with Gasteiger partial charge >= 0.3 is 11.7 Å². The molecule has 0 spiro atoms. The predicted octanol–water partition coefficient (Wildman–Crippen LogP) is 20.9. The summed E-state index contributed by atoms with van der Waals surface area (Å²) >= 11 is 0. The average Bonchev–Trinajstić information content (AvgIpc) is 1.67. The van der Waals surface area contributed by atoms with Crippen LogP contribution in [0.25, 0.3) is 11.2 Å². The number of fused-ring (bicyclic) bond motifs is 1. The molecule has 0 saturated heterocycles. The van der Waals surface area contributed by atoms with E-state index < -0.39 is 0 Å². The number of nitrogens with one attached hydrogen (secondary N) is 2. The van der Waals surface area contributed by atoms with Gasteiger partial charge in [0.25, 0.3) is 0 Å². The number of rotatable bonds is 63. The smallest absolute Gasteiger partial charge is 0.328 e. The van der Waals surface area contributed by atoms with Gasteiger partial charge in [0.05, 0.1) is 13.2 Å². The zero-order valence-electron chi connectivity index (χ0n) is 58.4. The van der Waals surface area contributed by atoms with Crippen LogP contribution in [-0.4, -0.2) is 101 Å². The van der Waals surface area contributed by atoms with E-state index >= 15 is 0 Å². The van der Waals surface area contributed by atoms with Gasteiger partial charge in [-0.15, -0.1) is 0 Å². The summed E-state index contributed by atoms with van der Waals surface area (Å²) in [6.45, 7) is 14.4. The maximum Gasteiger partial charge on any atom is 0.328 e. The first-order valence-corrected chi connectivity index (χ1v) is 37.2. The first-order chi connectivity index (χ1) is 44.9. The van der Waals surface area contributed by atoms with Gasteiger partial charge in [0, 0.05) is 19.1 Å². The number of aromatic amines is 1. The Hall–Kier alpha value is -5.17. The molecule has 1 aromatic carbocycles. The summed E-state index contributed by atoms with van der Waals surface area (Å²) in [4.78, 5) is 55.8. The minimum atomic E-state index is -0.388. The molecule has 0 aliphatic heterocycles. The number of hydrogen-bond donors (Lipinski definition) is 2. The maximum atomic E-state index is 13.6. The van der Waals surface area contributed by atoms with E-state index in [0.29, 0.717) is 29.8 Å². The summed E-state index contributed by atoms with van der Waals surface area (Å²) < 4.78 is 12.5. The summed E-state index contributed by atoms with van der Waals surface area (Å²) in [6, 6.07) is 7.09. The van der Waals surface area contributed by atoms with Crippen LogP contribution in [-0.2, 0) is 16.1 Å². The molecular weight excluding hydrogens is 1130 g/mol. The lowest BCUT2D eigenvalue weighted by Gasteiger charge is -2.26. The third-order valence-corrected chi connectivity index (χ3v) is 17.2. The van der Waals surface area contributed by atoms with Crippen LogP contribution < -0.4 is 15.7 Å². The molecule has 0 unspecified atom stereocenters. The Kier molecular flexibility index (Phi) is 51.6. The second-order valence-corrected chi connectivity index (χ2v) is 25.4. The van der Waals surface area contributed by atoms with E-state index in [1.807, 2.05) is 12.1 Å². The Balaban J connectivity index is 1.56. The summed E-state index contributed by atoms with van der Waals surface area (Å²) in [5, 5.41) is 2.98. The van der Waals surface area contributed by atoms with Crippen LogP contribution in [0.1, 0.15) is 300 Å². The van der Waals surface area contributed by atoms with E-state index in [0.717, 1.165) is 70.0 Å². The van der Waals surface area contributed by atoms with Crippen molar-refractivity contribution >= 4 is 29.2 Å². The first-order valence-electron chi connectivity index (χ1n) is 37.2. The molecule has 2 heterocycles. The van der Waals surface area contributed by atoms with Crippen molar-refractivity contribution in [2.24, 2.45) is 0 Å². The Morgan fingerprint density at radius 2 is 0.868 bits per heavy atom. The lowest BCUT2D eigenvalue weighted by Crippen LogP contribution is -2.32. The largest absolute Gasteiger partial charge is 0.461 e. The van der Waals surface area contributed by atoms with Gasteiger partial charge in [-0.05, 0) is 180 Å². The van der Waals surface area contributed by atoms with E-state index in [-0.39, 0.29) is 36.6 Å². The number of carbonyl (C=O) groups excluding carboxylic acids is 2. The molecule has 1 amide bonds. The highest BCUT2D eigenvalue weighted by atomic mass is 16.5. The van der Waals surface area contributed by atoms with Crippen molar-refractivity contribution in [1.82, 2.24) is 29.3 Å². The topological polar surface area (TPSA) is 135 Å². The number of anilines is 1. The Labute approximate surface area is 555 Å². The molecule has 0 fully saturated rings. The Morgan fingerprint density at radius 3 is 1.27 bits per heavy atom. The summed E-state index contributed by atoms with van der Waals surface area (Å²) in [7, 11) is 1.59. The first kappa shape index (κ1) is 80.1. The second kappa shape index (κ2) is 58.6. The zero-order valence-corrected chi connectivity index (χ0v) is 58.4. The molecule has 3 rings (SSSR count). The van der Waals surface area contributed by atoms with Crippen LogP contribution in [0.4, 0.5) is 5.82 Å². The van der Waals surface area contributed by atoms with Crippen molar-refractivity contribution in [2.45, 2.75) is 291 Å². The third kappa shape index (κ3) is 43.4. The van der Waals surface area contributed by atoms with Crippen LogP contribution in [0.3, 0.4) is 0 Å². The van der Waals surface area contributed by atoms with Crippen molar-refractivity contribution in [1.29, 1.82) is 0 Å². The number of methoxy groups -OCH3 is 1. The van der Waals surface area contributed by atoms with Crippen LogP contribution in [0.15, 0.2) is 102 Å². The molecule has 0 atom stereocenters. The van der Waals surface area contributed by atoms with Gasteiger partial charge in [0.2, 0.25) is 5.91 Å². The lowest BCUT2D eigenvalue weighted by atomic mass is 10.1. The fourth-order valence-corrected chi connectivity index (χ4v) is 11.6. The van der Waals surface area contributed by atoms with Crippen LogP contribution >= 0.6 is 0 Å². The molecule has 0 bridgehead atoms. The average molecular weight is 1260 g/mol. The van der Waals surface area contributed by atoms with Gasteiger partial charge in [-0.2, -0.15) is 9.97 Å². The quantitative estimate of drug-likeness (QED) is 0.0322.